The lowest BCUT2D eigenvalue weighted by Crippen LogP contribution is -1.99. The average molecular weight is 229 g/mol. The highest BCUT2D eigenvalue weighted by Gasteiger charge is 2.03. The van der Waals surface area contributed by atoms with E-state index in [1.165, 1.54) is 0 Å². The van der Waals surface area contributed by atoms with Crippen LogP contribution in [0.3, 0.4) is 0 Å². The maximum Gasteiger partial charge on any atom is 0.117 e. The van der Waals surface area contributed by atoms with Crippen molar-refractivity contribution in [2.75, 3.05) is 19.8 Å². The maximum atomic E-state index is 5.44. The first-order valence-corrected chi connectivity index (χ1v) is 6.27. The van der Waals surface area contributed by atoms with E-state index in [0.717, 1.165) is 55.5 Å². The van der Waals surface area contributed by atoms with Gasteiger partial charge in [0.2, 0.25) is 0 Å². The summed E-state index contributed by atoms with van der Waals surface area (Å²) in [6.45, 7) is 4.33. The van der Waals surface area contributed by atoms with Gasteiger partial charge in [-0.05, 0) is 26.3 Å². The summed E-state index contributed by atoms with van der Waals surface area (Å²) in [6.07, 6.45) is 3.95. The molecule has 2 N–H and O–H groups in total. The summed E-state index contributed by atoms with van der Waals surface area (Å²) in [5, 5.41) is 10.5. The standard InChI is InChI=1S/C10H19N3OS/c1-2-14-8-4-6-10-13-12-9(15-10)5-3-7-11/h2-8,11H2,1H3. The number of aromatic nitrogens is 2. The van der Waals surface area contributed by atoms with Crippen LogP contribution in [0.2, 0.25) is 0 Å². The Morgan fingerprint density at radius 1 is 1.20 bits per heavy atom. The number of nitrogens with zero attached hydrogens (tertiary/aromatic N) is 2. The summed E-state index contributed by atoms with van der Waals surface area (Å²) in [7, 11) is 0. The van der Waals surface area contributed by atoms with Crippen LogP contribution in [0, 0.1) is 0 Å². The third-order valence-electron chi connectivity index (χ3n) is 1.99. The van der Waals surface area contributed by atoms with E-state index in [1.54, 1.807) is 11.3 Å². The number of rotatable bonds is 8. The molecule has 0 unspecified atom stereocenters. The molecule has 1 heterocycles. The fraction of sp³-hybridized carbons (Fsp3) is 0.800. The van der Waals surface area contributed by atoms with Gasteiger partial charge in [-0.1, -0.05) is 0 Å². The zero-order valence-electron chi connectivity index (χ0n) is 9.24. The molecule has 0 aliphatic rings. The first kappa shape index (κ1) is 12.5. The highest BCUT2D eigenvalue weighted by atomic mass is 32.1. The topological polar surface area (TPSA) is 61.0 Å². The summed E-state index contributed by atoms with van der Waals surface area (Å²) in [5.74, 6) is 0. The fourth-order valence-corrected chi connectivity index (χ4v) is 2.14. The normalized spacial score (nSPS) is 10.8. The molecule has 0 saturated carbocycles. The van der Waals surface area contributed by atoms with Crippen molar-refractivity contribution < 1.29 is 4.74 Å². The van der Waals surface area contributed by atoms with Crippen molar-refractivity contribution in [3.8, 4) is 0 Å². The summed E-state index contributed by atoms with van der Waals surface area (Å²) in [5.41, 5.74) is 5.44. The Labute approximate surface area is 94.9 Å². The van der Waals surface area contributed by atoms with Crippen LogP contribution >= 0.6 is 11.3 Å². The van der Waals surface area contributed by atoms with Crippen molar-refractivity contribution >= 4 is 11.3 Å². The lowest BCUT2D eigenvalue weighted by atomic mass is 10.3. The molecule has 15 heavy (non-hydrogen) atoms. The summed E-state index contributed by atoms with van der Waals surface area (Å²) in [4.78, 5) is 0. The number of hydrogen-bond acceptors (Lipinski definition) is 5. The lowest BCUT2D eigenvalue weighted by Gasteiger charge is -1.97. The fourth-order valence-electron chi connectivity index (χ4n) is 1.21. The Morgan fingerprint density at radius 3 is 2.47 bits per heavy atom. The van der Waals surface area contributed by atoms with Gasteiger partial charge in [-0.25, -0.2) is 0 Å². The van der Waals surface area contributed by atoms with Gasteiger partial charge in [-0.3, -0.25) is 0 Å². The van der Waals surface area contributed by atoms with Crippen LogP contribution in [0.1, 0.15) is 29.8 Å². The molecular formula is C10H19N3OS. The molecule has 1 rings (SSSR count). The Bertz CT molecular complexity index is 265. The monoisotopic (exact) mass is 229 g/mol. The zero-order chi connectivity index (χ0) is 10.9. The van der Waals surface area contributed by atoms with Gasteiger partial charge in [0, 0.05) is 26.1 Å². The molecule has 0 aliphatic heterocycles. The van der Waals surface area contributed by atoms with Gasteiger partial charge < -0.3 is 10.5 Å². The van der Waals surface area contributed by atoms with Gasteiger partial charge in [0.05, 0.1) is 0 Å². The van der Waals surface area contributed by atoms with Gasteiger partial charge in [0.1, 0.15) is 10.0 Å². The molecule has 0 aromatic carbocycles. The first-order chi connectivity index (χ1) is 7.36. The van der Waals surface area contributed by atoms with Crippen LogP contribution < -0.4 is 5.73 Å². The first-order valence-electron chi connectivity index (χ1n) is 5.46. The highest BCUT2D eigenvalue weighted by Crippen LogP contribution is 2.13. The second-order valence-corrected chi connectivity index (χ2v) is 4.43. The van der Waals surface area contributed by atoms with Crippen LogP contribution in [0.4, 0.5) is 0 Å². The van der Waals surface area contributed by atoms with Crippen molar-refractivity contribution in [3.05, 3.63) is 10.0 Å². The smallest absolute Gasteiger partial charge is 0.117 e. The zero-order valence-corrected chi connectivity index (χ0v) is 10.1. The molecular weight excluding hydrogens is 210 g/mol. The number of ether oxygens (including phenoxy) is 1. The molecule has 1 aromatic rings. The van der Waals surface area contributed by atoms with E-state index < -0.39 is 0 Å². The van der Waals surface area contributed by atoms with Crippen molar-refractivity contribution in [2.45, 2.75) is 32.6 Å². The molecule has 0 amide bonds. The van der Waals surface area contributed by atoms with E-state index in [1.807, 2.05) is 6.92 Å². The van der Waals surface area contributed by atoms with Crippen molar-refractivity contribution in [1.29, 1.82) is 0 Å². The quantitative estimate of drug-likeness (QED) is 0.684. The summed E-state index contributed by atoms with van der Waals surface area (Å²) >= 11 is 1.70. The van der Waals surface area contributed by atoms with Gasteiger partial charge in [0.15, 0.2) is 0 Å². The molecule has 4 nitrogen and oxygen atoms in total. The van der Waals surface area contributed by atoms with E-state index in [0.29, 0.717) is 0 Å². The summed E-state index contributed by atoms with van der Waals surface area (Å²) in [6, 6.07) is 0. The van der Waals surface area contributed by atoms with Gasteiger partial charge in [0.25, 0.3) is 0 Å². The minimum atomic E-state index is 0.721. The van der Waals surface area contributed by atoms with Gasteiger partial charge in [-0.2, -0.15) is 0 Å². The van der Waals surface area contributed by atoms with Crippen LogP contribution in [0.15, 0.2) is 0 Å². The number of nitrogens with two attached hydrogens (primary N) is 1. The van der Waals surface area contributed by atoms with Crippen molar-refractivity contribution in [3.63, 3.8) is 0 Å². The molecule has 5 heteroatoms. The number of hydrogen-bond donors (Lipinski definition) is 1. The Morgan fingerprint density at radius 2 is 1.87 bits per heavy atom. The molecule has 0 fully saturated rings. The number of aryl methyl sites for hydroxylation is 2. The van der Waals surface area contributed by atoms with E-state index in [2.05, 4.69) is 10.2 Å². The van der Waals surface area contributed by atoms with E-state index in [4.69, 9.17) is 10.5 Å². The maximum absolute atomic E-state index is 5.44. The molecule has 0 bridgehead atoms. The van der Waals surface area contributed by atoms with E-state index in [9.17, 15) is 0 Å². The summed E-state index contributed by atoms with van der Waals surface area (Å²) < 4.78 is 5.27. The van der Waals surface area contributed by atoms with E-state index in [-0.39, 0.29) is 0 Å². The molecule has 0 radical (unpaired) electrons. The second kappa shape index (κ2) is 7.73. The largest absolute Gasteiger partial charge is 0.382 e. The third kappa shape index (κ3) is 5.20. The molecule has 0 spiro atoms. The average Bonchev–Trinajstić information content (AvgIpc) is 2.69. The predicted octanol–water partition coefficient (Wildman–Crippen LogP) is 1.40. The Kier molecular flexibility index (Phi) is 6.47. The van der Waals surface area contributed by atoms with Crippen LogP contribution in [0.5, 0.6) is 0 Å². The Hall–Kier alpha value is -0.520. The van der Waals surface area contributed by atoms with Crippen LogP contribution in [0.25, 0.3) is 0 Å². The molecule has 86 valence electrons. The molecule has 0 saturated heterocycles. The van der Waals surface area contributed by atoms with Crippen LogP contribution in [-0.4, -0.2) is 30.0 Å². The molecule has 0 atom stereocenters. The molecule has 1 aromatic heterocycles. The van der Waals surface area contributed by atoms with Gasteiger partial charge >= 0.3 is 0 Å². The van der Waals surface area contributed by atoms with Crippen molar-refractivity contribution in [1.82, 2.24) is 10.2 Å². The predicted molar refractivity (Wildman–Crippen MR) is 62.1 cm³/mol. The Balaban J connectivity index is 2.20. The van der Waals surface area contributed by atoms with Gasteiger partial charge in [-0.15, -0.1) is 21.5 Å². The highest BCUT2D eigenvalue weighted by molar-refractivity contribution is 7.11. The minimum Gasteiger partial charge on any atom is -0.382 e. The minimum absolute atomic E-state index is 0.721. The van der Waals surface area contributed by atoms with E-state index >= 15 is 0 Å². The SMILES string of the molecule is CCOCCCc1nnc(CCCN)s1. The molecule has 0 aliphatic carbocycles. The lowest BCUT2D eigenvalue weighted by molar-refractivity contribution is 0.145. The van der Waals surface area contributed by atoms with Crippen LogP contribution in [-0.2, 0) is 17.6 Å². The third-order valence-corrected chi connectivity index (χ3v) is 3.03. The second-order valence-electron chi connectivity index (χ2n) is 3.28. The van der Waals surface area contributed by atoms with Crippen molar-refractivity contribution in [2.24, 2.45) is 5.73 Å².